The second kappa shape index (κ2) is 6.36. The highest BCUT2D eigenvalue weighted by Crippen LogP contribution is 2.02. The van der Waals surface area contributed by atoms with E-state index in [0.717, 1.165) is 0 Å². The summed E-state index contributed by atoms with van der Waals surface area (Å²) in [5, 5.41) is 11.5. The number of amides is 1. The molecule has 0 aromatic rings. The summed E-state index contributed by atoms with van der Waals surface area (Å²) in [5.41, 5.74) is 5.15. The van der Waals surface area contributed by atoms with Crippen molar-refractivity contribution in [2.45, 2.75) is 25.9 Å². The number of primary amides is 1. The number of nitrogens with one attached hydrogen (secondary N) is 1. The molecule has 2 atom stereocenters. The van der Waals surface area contributed by atoms with Crippen molar-refractivity contribution in [2.75, 3.05) is 13.7 Å². The Kier molecular flexibility index (Phi) is 5.88. The highest BCUT2D eigenvalue weighted by Gasteiger charge is 2.26. The number of aliphatic carboxylic acids is 1. The van der Waals surface area contributed by atoms with Crippen LogP contribution in [0.3, 0.4) is 0 Å². The second-order valence-electron chi connectivity index (χ2n) is 3.64. The number of carbonyl (C=O) groups is 2. The second-order valence-corrected chi connectivity index (χ2v) is 3.64. The van der Waals surface area contributed by atoms with E-state index in [9.17, 15) is 9.59 Å². The van der Waals surface area contributed by atoms with Gasteiger partial charge in [-0.2, -0.15) is 0 Å². The minimum atomic E-state index is -1.07. The maximum Gasteiger partial charge on any atom is 0.323 e. The number of carboxylic acid groups (broad SMARTS) is 1. The van der Waals surface area contributed by atoms with E-state index < -0.39 is 24.0 Å². The van der Waals surface area contributed by atoms with E-state index in [1.807, 2.05) is 0 Å². The van der Waals surface area contributed by atoms with Gasteiger partial charge in [0.1, 0.15) is 6.04 Å². The molecular weight excluding hydrogens is 200 g/mol. The van der Waals surface area contributed by atoms with Gasteiger partial charge in [-0.15, -0.1) is 0 Å². The van der Waals surface area contributed by atoms with Gasteiger partial charge in [0, 0.05) is 7.11 Å². The lowest BCUT2D eigenvalue weighted by molar-refractivity contribution is -0.141. The van der Waals surface area contributed by atoms with E-state index in [1.165, 1.54) is 7.11 Å². The first-order chi connectivity index (χ1) is 6.90. The predicted molar refractivity (Wildman–Crippen MR) is 54.3 cm³/mol. The van der Waals surface area contributed by atoms with Gasteiger partial charge in [0.2, 0.25) is 5.91 Å². The fraction of sp³-hybridized carbons (Fsp3) is 0.778. The number of carboxylic acids is 1. The summed E-state index contributed by atoms with van der Waals surface area (Å²) in [6.45, 7) is 3.56. The molecule has 1 amide bonds. The Morgan fingerprint density at radius 3 is 2.27 bits per heavy atom. The van der Waals surface area contributed by atoms with Crippen LogP contribution in [0.2, 0.25) is 0 Å². The maximum atomic E-state index is 11.0. The van der Waals surface area contributed by atoms with Crippen LogP contribution in [-0.2, 0) is 14.3 Å². The zero-order valence-electron chi connectivity index (χ0n) is 9.19. The largest absolute Gasteiger partial charge is 0.480 e. The van der Waals surface area contributed by atoms with Crippen molar-refractivity contribution in [1.29, 1.82) is 0 Å². The number of nitrogens with two attached hydrogens (primary N) is 1. The quantitative estimate of drug-likeness (QED) is 0.518. The molecule has 0 saturated heterocycles. The van der Waals surface area contributed by atoms with Crippen LogP contribution in [0.4, 0.5) is 0 Å². The van der Waals surface area contributed by atoms with Crippen LogP contribution >= 0.6 is 0 Å². The normalized spacial score (nSPS) is 14.9. The van der Waals surface area contributed by atoms with Gasteiger partial charge in [-0.05, 0) is 5.92 Å². The number of hydrogen-bond acceptors (Lipinski definition) is 4. The van der Waals surface area contributed by atoms with Gasteiger partial charge < -0.3 is 15.6 Å². The van der Waals surface area contributed by atoms with Gasteiger partial charge in [0.05, 0.1) is 12.6 Å². The SMILES string of the molecule is COCC(NC(C(N)=O)C(C)C)C(=O)O. The maximum absolute atomic E-state index is 11.0. The molecule has 15 heavy (non-hydrogen) atoms. The minimum absolute atomic E-state index is 0.00810. The molecule has 0 radical (unpaired) electrons. The molecule has 2 unspecified atom stereocenters. The van der Waals surface area contributed by atoms with Crippen LogP contribution in [0.15, 0.2) is 0 Å². The first-order valence-electron chi connectivity index (χ1n) is 4.67. The zero-order valence-corrected chi connectivity index (χ0v) is 9.19. The van der Waals surface area contributed by atoms with E-state index in [-0.39, 0.29) is 12.5 Å². The molecular formula is C9H18N2O4. The molecule has 0 aliphatic carbocycles. The highest BCUT2D eigenvalue weighted by atomic mass is 16.5. The fourth-order valence-corrected chi connectivity index (χ4v) is 1.18. The molecule has 88 valence electrons. The van der Waals surface area contributed by atoms with Crippen molar-refractivity contribution in [3.63, 3.8) is 0 Å². The van der Waals surface area contributed by atoms with Crippen LogP contribution in [0.5, 0.6) is 0 Å². The Bertz CT molecular complexity index is 230. The van der Waals surface area contributed by atoms with Crippen LogP contribution in [0.25, 0.3) is 0 Å². The summed E-state index contributed by atoms with van der Waals surface area (Å²) >= 11 is 0. The van der Waals surface area contributed by atoms with Crippen molar-refractivity contribution >= 4 is 11.9 Å². The van der Waals surface area contributed by atoms with Crippen LogP contribution in [0.1, 0.15) is 13.8 Å². The van der Waals surface area contributed by atoms with Gasteiger partial charge in [-0.25, -0.2) is 0 Å². The molecule has 6 heteroatoms. The lowest BCUT2D eigenvalue weighted by Gasteiger charge is -2.23. The van der Waals surface area contributed by atoms with Crippen molar-refractivity contribution in [3.05, 3.63) is 0 Å². The van der Waals surface area contributed by atoms with Gasteiger partial charge in [0.25, 0.3) is 0 Å². The first-order valence-corrected chi connectivity index (χ1v) is 4.67. The van der Waals surface area contributed by atoms with E-state index >= 15 is 0 Å². The average Bonchev–Trinajstić information content (AvgIpc) is 2.10. The third kappa shape index (κ3) is 4.75. The molecule has 0 rings (SSSR count). The molecule has 0 aliphatic heterocycles. The van der Waals surface area contributed by atoms with Crippen molar-refractivity contribution in [1.82, 2.24) is 5.32 Å². The highest BCUT2D eigenvalue weighted by molar-refractivity contribution is 5.81. The summed E-state index contributed by atoms with van der Waals surface area (Å²) in [6.07, 6.45) is 0. The Balaban J connectivity index is 4.46. The summed E-state index contributed by atoms with van der Waals surface area (Å²) in [7, 11) is 1.40. The molecule has 0 spiro atoms. The van der Waals surface area contributed by atoms with Gasteiger partial charge in [-0.1, -0.05) is 13.8 Å². The summed E-state index contributed by atoms with van der Waals surface area (Å²) in [6, 6.07) is -1.59. The third-order valence-electron chi connectivity index (χ3n) is 1.99. The van der Waals surface area contributed by atoms with Crippen LogP contribution < -0.4 is 11.1 Å². The van der Waals surface area contributed by atoms with E-state index in [0.29, 0.717) is 0 Å². The van der Waals surface area contributed by atoms with E-state index in [2.05, 4.69) is 5.32 Å². The van der Waals surface area contributed by atoms with E-state index in [4.69, 9.17) is 15.6 Å². The molecule has 0 bridgehead atoms. The van der Waals surface area contributed by atoms with Gasteiger partial charge in [0.15, 0.2) is 0 Å². The lowest BCUT2D eigenvalue weighted by atomic mass is 10.0. The van der Waals surface area contributed by atoms with Crippen molar-refractivity contribution in [3.8, 4) is 0 Å². The Hall–Kier alpha value is -1.14. The van der Waals surface area contributed by atoms with Gasteiger partial charge >= 0.3 is 5.97 Å². The van der Waals surface area contributed by atoms with Crippen LogP contribution in [-0.4, -0.2) is 42.8 Å². The molecule has 0 fully saturated rings. The predicted octanol–water partition coefficient (Wildman–Crippen LogP) is -0.814. The standard InChI is InChI=1S/C9H18N2O4/c1-5(2)7(8(10)12)11-6(4-15-3)9(13)14/h5-7,11H,4H2,1-3H3,(H2,10,12)(H,13,14). The number of methoxy groups -OCH3 is 1. The van der Waals surface area contributed by atoms with Crippen molar-refractivity contribution < 1.29 is 19.4 Å². The summed E-state index contributed by atoms with van der Waals surface area (Å²) in [5.74, 6) is -1.70. The molecule has 0 aromatic carbocycles. The van der Waals surface area contributed by atoms with Gasteiger partial charge in [-0.3, -0.25) is 14.9 Å². The topological polar surface area (TPSA) is 102 Å². The van der Waals surface area contributed by atoms with Crippen molar-refractivity contribution in [2.24, 2.45) is 11.7 Å². The molecule has 0 aromatic heterocycles. The lowest BCUT2D eigenvalue weighted by Crippen LogP contribution is -2.53. The number of carbonyl (C=O) groups excluding carboxylic acids is 1. The molecule has 0 aliphatic rings. The summed E-state index contributed by atoms with van der Waals surface area (Å²) in [4.78, 5) is 21.8. The summed E-state index contributed by atoms with van der Waals surface area (Å²) < 4.78 is 4.73. The molecule has 4 N–H and O–H groups in total. The zero-order chi connectivity index (χ0) is 12.0. The Morgan fingerprint density at radius 2 is 2.00 bits per heavy atom. The number of rotatable bonds is 7. The fourth-order valence-electron chi connectivity index (χ4n) is 1.18. The molecule has 6 nitrogen and oxygen atoms in total. The number of hydrogen-bond donors (Lipinski definition) is 3. The Morgan fingerprint density at radius 1 is 1.47 bits per heavy atom. The smallest absolute Gasteiger partial charge is 0.323 e. The number of ether oxygens (including phenoxy) is 1. The Labute approximate surface area is 88.8 Å². The molecule has 0 heterocycles. The minimum Gasteiger partial charge on any atom is -0.480 e. The van der Waals surface area contributed by atoms with E-state index in [1.54, 1.807) is 13.8 Å². The van der Waals surface area contributed by atoms with Crippen LogP contribution in [0, 0.1) is 5.92 Å². The average molecular weight is 218 g/mol. The first kappa shape index (κ1) is 13.9. The third-order valence-corrected chi connectivity index (χ3v) is 1.99. The monoisotopic (exact) mass is 218 g/mol. The molecule has 0 saturated carbocycles.